The van der Waals surface area contributed by atoms with E-state index in [0.717, 1.165) is 19.7 Å². The van der Waals surface area contributed by atoms with Crippen LogP contribution in [0.1, 0.15) is 35.6 Å². The third-order valence-corrected chi connectivity index (χ3v) is 4.03. The lowest BCUT2D eigenvalue weighted by atomic mass is 10.0. The molecule has 0 radical (unpaired) electrons. The molecule has 0 spiro atoms. The minimum Gasteiger partial charge on any atom is -0.377 e. The molecule has 0 aliphatic carbocycles. The Morgan fingerprint density at radius 3 is 2.55 bits per heavy atom. The van der Waals surface area contributed by atoms with Gasteiger partial charge in [-0.1, -0.05) is 29.3 Å². The van der Waals surface area contributed by atoms with Crippen LogP contribution in [0, 0.1) is 13.8 Å². The number of nitrogens with one attached hydrogen (secondary N) is 1. The van der Waals surface area contributed by atoms with Crippen LogP contribution in [-0.2, 0) is 4.74 Å². The van der Waals surface area contributed by atoms with E-state index in [1.165, 1.54) is 29.5 Å². The van der Waals surface area contributed by atoms with Crippen LogP contribution in [0.2, 0.25) is 0 Å². The number of hydrogen-bond acceptors (Lipinski definition) is 3. The summed E-state index contributed by atoms with van der Waals surface area (Å²) < 4.78 is 5.72. The summed E-state index contributed by atoms with van der Waals surface area (Å²) in [4.78, 5) is 2.38. The van der Waals surface area contributed by atoms with E-state index < -0.39 is 0 Å². The second-order valence-corrected chi connectivity index (χ2v) is 6.12. The molecule has 20 heavy (non-hydrogen) atoms. The van der Waals surface area contributed by atoms with Crippen molar-refractivity contribution in [2.45, 2.75) is 38.8 Å². The van der Waals surface area contributed by atoms with Gasteiger partial charge in [0.25, 0.3) is 0 Å². The fourth-order valence-corrected chi connectivity index (χ4v) is 3.10. The van der Waals surface area contributed by atoms with E-state index in [0.29, 0.717) is 12.1 Å². The van der Waals surface area contributed by atoms with Gasteiger partial charge < -0.3 is 15.0 Å². The summed E-state index contributed by atoms with van der Waals surface area (Å²) in [7, 11) is 4.23. The molecular formula is C17H28N2O. The molecule has 1 aromatic rings. The maximum atomic E-state index is 5.72. The topological polar surface area (TPSA) is 24.5 Å². The van der Waals surface area contributed by atoms with Crippen molar-refractivity contribution in [3.05, 3.63) is 34.9 Å². The molecule has 2 atom stereocenters. The molecule has 112 valence electrons. The van der Waals surface area contributed by atoms with Crippen molar-refractivity contribution in [2.24, 2.45) is 0 Å². The van der Waals surface area contributed by atoms with Crippen LogP contribution >= 0.6 is 0 Å². The van der Waals surface area contributed by atoms with Gasteiger partial charge in [-0.15, -0.1) is 0 Å². The van der Waals surface area contributed by atoms with Gasteiger partial charge in [0.05, 0.1) is 6.10 Å². The van der Waals surface area contributed by atoms with E-state index in [1.807, 2.05) is 7.05 Å². The molecule has 1 aliphatic heterocycles. The van der Waals surface area contributed by atoms with Crippen molar-refractivity contribution in [3.63, 3.8) is 0 Å². The summed E-state index contributed by atoms with van der Waals surface area (Å²) in [5, 5.41) is 3.45. The summed E-state index contributed by atoms with van der Waals surface area (Å²) in [5.74, 6) is 0. The highest BCUT2D eigenvalue weighted by molar-refractivity contribution is 5.30. The Morgan fingerprint density at radius 2 is 2.00 bits per heavy atom. The maximum absolute atomic E-state index is 5.72. The lowest BCUT2D eigenvalue weighted by molar-refractivity contribution is 0.0786. The average Bonchev–Trinajstić information content (AvgIpc) is 2.87. The highest BCUT2D eigenvalue weighted by Gasteiger charge is 2.19. The first-order valence-corrected chi connectivity index (χ1v) is 7.64. The Hall–Kier alpha value is -0.900. The molecule has 1 saturated heterocycles. The summed E-state index contributed by atoms with van der Waals surface area (Å²) in [6.07, 6.45) is 2.85. The normalized spacial score (nSPS) is 20.6. The number of rotatable bonds is 6. The second kappa shape index (κ2) is 7.21. The fraction of sp³-hybridized carbons (Fsp3) is 0.647. The van der Waals surface area contributed by atoms with Gasteiger partial charge in [-0.3, -0.25) is 0 Å². The van der Waals surface area contributed by atoms with Gasteiger partial charge in [-0.05, 0) is 46.3 Å². The van der Waals surface area contributed by atoms with Crippen molar-refractivity contribution < 1.29 is 4.74 Å². The largest absolute Gasteiger partial charge is 0.377 e. The van der Waals surface area contributed by atoms with Gasteiger partial charge in [0.1, 0.15) is 0 Å². The molecule has 1 heterocycles. The molecule has 1 N–H and O–H groups in total. The van der Waals surface area contributed by atoms with Crippen molar-refractivity contribution in [1.29, 1.82) is 0 Å². The third kappa shape index (κ3) is 4.30. The van der Waals surface area contributed by atoms with Gasteiger partial charge in [0, 0.05) is 25.7 Å². The lowest BCUT2D eigenvalue weighted by Crippen LogP contribution is -2.35. The number of aryl methyl sites for hydroxylation is 2. The number of hydrogen-bond donors (Lipinski definition) is 1. The monoisotopic (exact) mass is 276 g/mol. The van der Waals surface area contributed by atoms with Gasteiger partial charge in [0.2, 0.25) is 0 Å². The van der Waals surface area contributed by atoms with Gasteiger partial charge in [-0.2, -0.15) is 0 Å². The highest BCUT2D eigenvalue weighted by Crippen LogP contribution is 2.19. The van der Waals surface area contributed by atoms with Gasteiger partial charge >= 0.3 is 0 Å². The Morgan fingerprint density at radius 1 is 1.30 bits per heavy atom. The highest BCUT2D eigenvalue weighted by atomic mass is 16.5. The molecule has 0 aromatic heterocycles. The first-order chi connectivity index (χ1) is 9.58. The third-order valence-electron chi connectivity index (χ3n) is 4.03. The Labute approximate surface area is 123 Å². The Kier molecular flexibility index (Phi) is 5.58. The van der Waals surface area contributed by atoms with Crippen molar-refractivity contribution in [2.75, 3.05) is 33.8 Å². The first-order valence-electron chi connectivity index (χ1n) is 7.64. The van der Waals surface area contributed by atoms with Crippen LogP contribution in [0.25, 0.3) is 0 Å². The summed E-state index contributed by atoms with van der Waals surface area (Å²) in [5.41, 5.74) is 4.05. The van der Waals surface area contributed by atoms with E-state index in [2.05, 4.69) is 49.3 Å². The van der Waals surface area contributed by atoms with Gasteiger partial charge in [-0.25, -0.2) is 0 Å². The average molecular weight is 276 g/mol. The number of likely N-dealkylation sites (N-methyl/N-ethyl adjacent to an activating group) is 2. The zero-order valence-corrected chi connectivity index (χ0v) is 13.3. The minimum atomic E-state index is 0.375. The number of nitrogens with zero attached hydrogens (tertiary/aromatic N) is 1. The van der Waals surface area contributed by atoms with E-state index in [4.69, 9.17) is 4.74 Å². The predicted octanol–water partition coefficient (Wildman–Crippen LogP) is 2.67. The lowest BCUT2D eigenvalue weighted by Gasteiger charge is -2.26. The molecule has 2 rings (SSSR count). The van der Waals surface area contributed by atoms with Crippen LogP contribution < -0.4 is 5.32 Å². The first kappa shape index (κ1) is 15.5. The van der Waals surface area contributed by atoms with E-state index in [9.17, 15) is 0 Å². The van der Waals surface area contributed by atoms with Gasteiger partial charge in [0.15, 0.2) is 0 Å². The van der Waals surface area contributed by atoms with Crippen molar-refractivity contribution in [1.82, 2.24) is 10.2 Å². The molecular weight excluding hydrogens is 248 g/mol. The molecule has 1 aliphatic rings. The quantitative estimate of drug-likeness (QED) is 0.864. The molecule has 2 unspecified atom stereocenters. The van der Waals surface area contributed by atoms with E-state index in [-0.39, 0.29) is 0 Å². The molecule has 1 fully saturated rings. The Bertz CT molecular complexity index is 407. The van der Waals surface area contributed by atoms with Crippen molar-refractivity contribution in [3.8, 4) is 0 Å². The zero-order chi connectivity index (χ0) is 14.5. The molecule has 0 amide bonds. The maximum Gasteiger partial charge on any atom is 0.0702 e. The smallest absolute Gasteiger partial charge is 0.0702 e. The number of benzene rings is 1. The summed E-state index contributed by atoms with van der Waals surface area (Å²) in [6.45, 7) is 7.31. The summed E-state index contributed by atoms with van der Waals surface area (Å²) >= 11 is 0. The van der Waals surface area contributed by atoms with Crippen LogP contribution in [0.3, 0.4) is 0 Å². The number of ether oxygens (including phenoxy) is 1. The zero-order valence-electron chi connectivity index (χ0n) is 13.3. The van der Waals surface area contributed by atoms with Crippen LogP contribution in [0.5, 0.6) is 0 Å². The predicted molar refractivity (Wildman–Crippen MR) is 84.2 cm³/mol. The van der Waals surface area contributed by atoms with E-state index >= 15 is 0 Å². The van der Waals surface area contributed by atoms with Crippen molar-refractivity contribution >= 4 is 0 Å². The van der Waals surface area contributed by atoms with Crippen LogP contribution in [0.4, 0.5) is 0 Å². The molecule has 1 aromatic carbocycles. The van der Waals surface area contributed by atoms with E-state index in [1.54, 1.807) is 0 Å². The van der Waals surface area contributed by atoms with Crippen LogP contribution in [0.15, 0.2) is 18.2 Å². The summed E-state index contributed by atoms with van der Waals surface area (Å²) in [6, 6.07) is 7.18. The standard InChI is InChI=1S/C17H28N2O/c1-13-8-14(2)10-15(9-13)17(18-3)12-19(4)11-16-6-5-7-20-16/h8-10,16-18H,5-7,11-12H2,1-4H3. The second-order valence-electron chi connectivity index (χ2n) is 6.12. The molecule has 3 nitrogen and oxygen atoms in total. The fourth-order valence-electron chi connectivity index (χ4n) is 3.10. The molecule has 3 heteroatoms. The SMILES string of the molecule is CNC(CN(C)CC1CCCO1)c1cc(C)cc(C)c1. The molecule has 0 bridgehead atoms. The van der Waals surface area contributed by atoms with Crippen LogP contribution in [-0.4, -0.2) is 44.8 Å². The minimum absolute atomic E-state index is 0.375. The Balaban J connectivity index is 1.96. The molecule has 0 saturated carbocycles.